The first-order valence-corrected chi connectivity index (χ1v) is 9.85. The monoisotopic (exact) mass is 414 g/mol. The van der Waals surface area contributed by atoms with Crippen molar-refractivity contribution in [3.05, 3.63) is 59.7 Å². The second-order valence-electron chi connectivity index (χ2n) is 6.80. The third-order valence-electron chi connectivity index (χ3n) is 3.81. The molecule has 0 atom stereocenters. The van der Waals surface area contributed by atoms with Gasteiger partial charge in [0.25, 0.3) is 0 Å². The molecule has 0 spiro atoms. The van der Waals surface area contributed by atoms with Crippen LogP contribution >= 0.6 is 12.2 Å². The lowest BCUT2D eigenvalue weighted by atomic mass is 10.2. The number of hydrogen-bond acceptors (Lipinski definition) is 5. The van der Waals surface area contributed by atoms with Crippen LogP contribution in [0.4, 0.5) is 5.69 Å². The summed E-state index contributed by atoms with van der Waals surface area (Å²) in [5, 5.41) is 5.75. The van der Waals surface area contributed by atoms with E-state index in [-0.39, 0.29) is 23.1 Å². The van der Waals surface area contributed by atoms with E-state index in [0.717, 1.165) is 5.75 Å². The fourth-order valence-corrected chi connectivity index (χ4v) is 2.61. The van der Waals surface area contributed by atoms with Gasteiger partial charge in [0.1, 0.15) is 5.75 Å². The third-order valence-corrected chi connectivity index (χ3v) is 4.02. The van der Waals surface area contributed by atoms with E-state index in [0.29, 0.717) is 30.7 Å². The molecule has 0 aromatic heterocycles. The Balaban J connectivity index is 1.69. The van der Waals surface area contributed by atoms with Gasteiger partial charge >= 0.3 is 5.97 Å². The summed E-state index contributed by atoms with van der Waals surface area (Å²) >= 11 is 5.16. The summed E-state index contributed by atoms with van der Waals surface area (Å²) in [4.78, 5) is 23.8. The number of aryl methyl sites for hydroxylation is 1. The quantitative estimate of drug-likeness (QED) is 0.382. The topological polar surface area (TPSA) is 76.7 Å². The molecule has 0 heterocycles. The van der Waals surface area contributed by atoms with E-state index in [1.165, 1.54) is 5.56 Å². The van der Waals surface area contributed by atoms with Crippen molar-refractivity contribution in [1.29, 1.82) is 0 Å². The molecule has 2 aromatic rings. The van der Waals surface area contributed by atoms with Crippen LogP contribution in [0.2, 0.25) is 0 Å². The highest BCUT2D eigenvalue weighted by molar-refractivity contribution is 7.80. The first-order valence-electron chi connectivity index (χ1n) is 9.45. The molecule has 2 N–H and O–H groups in total. The standard InChI is InChI=1S/C22H26N2O4S/c1-15(2)28-21(26)17-8-10-18(11-9-17)23-22(29)24-20(25)5-4-14-27-19-12-6-16(3)7-13-19/h6-13,15H,4-5,14H2,1-3H3,(H2,23,24,25,29). The Morgan fingerprint density at radius 3 is 2.31 bits per heavy atom. The molecule has 1 amide bonds. The molecule has 0 bridgehead atoms. The minimum absolute atomic E-state index is 0.176. The first-order chi connectivity index (χ1) is 13.8. The van der Waals surface area contributed by atoms with Gasteiger partial charge in [-0.1, -0.05) is 17.7 Å². The van der Waals surface area contributed by atoms with Crippen molar-refractivity contribution >= 4 is 34.9 Å². The minimum Gasteiger partial charge on any atom is -0.494 e. The van der Waals surface area contributed by atoms with E-state index >= 15 is 0 Å². The first kappa shape index (κ1) is 22.4. The van der Waals surface area contributed by atoms with Crippen molar-refractivity contribution in [2.45, 2.75) is 39.7 Å². The predicted molar refractivity (Wildman–Crippen MR) is 117 cm³/mol. The molecule has 2 rings (SSSR count). The zero-order valence-electron chi connectivity index (χ0n) is 16.9. The van der Waals surface area contributed by atoms with Crippen LogP contribution in [0, 0.1) is 6.92 Å². The van der Waals surface area contributed by atoms with Crippen LogP contribution in [0.1, 0.15) is 42.6 Å². The van der Waals surface area contributed by atoms with Crippen molar-refractivity contribution in [2.75, 3.05) is 11.9 Å². The summed E-state index contributed by atoms with van der Waals surface area (Å²) in [6.07, 6.45) is 0.702. The highest BCUT2D eigenvalue weighted by Gasteiger charge is 2.10. The van der Waals surface area contributed by atoms with Crippen LogP contribution in [0.15, 0.2) is 48.5 Å². The highest BCUT2D eigenvalue weighted by Crippen LogP contribution is 2.12. The molecule has 7 heteroatoms. The molecule has 6 nitrogen and oxygen atoms in total. The van der Waals surface area contributed by atoms with Crippen molar-refractivity contribution < 1.29 is 19.1 Å². The Hall–Kier alpha value is -2.93. The number of carbonyl (C=O) groups excluding carboxylic acids is 2. The Labute approximate surface area is 176 Å². The Morgan fingerprint density at radius 2 is 1.69 bits per heavy atom. The zero-order chi connectivity index (χ0) is 21.2. The smallest absolute Gasteiger partial charge is 0.338 e. The summed E-state index contributed by atoms with van der Waals surface area (Å²) in [6, 6.07) is 14.4. The highest BCUT2D eigenvalue weighted by atomic mass is 32.1. The van der Waals surface area contributed by atoms with Gasteiger partial charge < -0.3 is 20.1 Å². The maximum atomic E-state index is 12.0. The van der Waals surface area contributed by atoms with Crippen LogP contribution < -0.4 is 15.4 Å². The second kappa shape index (κ2) is 11.2. The molecule has 0 saturated carbocycles. The van der Waals surface area contributed by atoms with E-state index in [1.807, 2.05) is 31.2 Å². The number of thiocarbonyl (C=S) groups is 1. The van der Waals surface area contributed by atoms with Crippen LogP contribution in [-0.2, 0) is 9.53 Å². The molecule has 0 saturated heterocycles. The summed E-state index contributed by atoms with van der Waals surface area (Å²) < 4.78 is 10.7. The van der Waals surface area contributed by atoms with Gasteiger partial charge in [-0.2, -0.15) is 0 Å². The maximum Gasteiger partial charge on any atom is 0.338 e. The van der Waals surface area contributed by atoms with Gasteiger partial charge in [0, 0.05) is 12.1 Å². The maximum absolute atomic E-state index is 12.0. The summed E-state index contributed by atoms with van der Waals surface area (Å²) in [7, 11) is 0. The van der Waals surface area contributed by atoms with Crippen LogP contribution in [0.5, 0.6) is 5.75 Å². The van der Waals surface area contributed by atoms with E-state index in [2.05, 4.69) is 10.6 Å². The summed E-state index contributed by atoms with van der Waals surface area (Å²) in [5.41, 5.74) is 2.29. The molecule has 0 aliphatic carbocycles. The van der Waals surface area contributed by atoms with Gasteiger partial charge in [-0.25, -0.2) is 4.79 Å². The molecule has 0 aliphatic heterocycles. The Kier molecular flexibility index (Phi) is 8.61. The molecule has 2 aromatic carbocycles. The number of nitrogens with one attached hydrogen (secondary N) is 2. The number of amides is 1. The third kappa shape index (κ3) is 8.31. The SMILES string of the molecule is Cc1ccc(OCCCC(=O)NC(=S)Nc2ccc(C(=O)OC(C)C)cc2)cc1. The van der Waals surface area contributed by atoms with Gasteiger partial charge in [-0.3, -0.25) is 4.79 Å². The van der Waals surface area contributed by atoms with Gasteiger partial charge in [-0.05, 0) is 75.8 Å². The van der Waals surface area contributed by atoms with E-state index in [9.17, 15) is 9.59 Å². The van der Waals surface area contributed by atoms with Crippen LogP contribution in [-0.4, -0.2) is 29.7 Å². The Bertz CT molecular complexity index is 833. The molecule has 0 radical (unpaired) electrons. The van der Waals surface area contributed by atoms with E-state index in [1.54, 1.807) is 38.1 Å². The Morgan fingerprint density at radius 1 is 1.03 bits per heavy atom. The normalized spacial score (nSPS) is 10.3. The molecule has 29 heavy (non-hydrogen) atoms. The molecule has 0 unspecified atom stereocenters. The number of benzene rings is 2. The number of ether oxygens (including phenoxy) is 2. The average molecular weight is 415 g/mol. The molecule has 0 aliphatic rings. The van der Waals surface area contributed by atoms with Crippen molar-refractivity contribution in [3.63, 3.8) is 0 Å². The number of rotatable bonds is 8. The number of anilines is 1. The lowest BCUT2D eigenvalue weighted by molar-refractivity contribution is -0.119. The molecule has 154 valence electrons. The zero-order valence-corrected chi connectivity index (χ0v) is 17.7. The van der Waals surface area contributed by atoms with Crippen LogP contribution in [0.3, 0.4) is 0 Å². The second-order valence-corrected chi connectivity index (χ2v) is 7.21. The fourth-order valence-electron chi connectivity index (χ4n) is 2.38. The number of carbonyl (C=O) groups is 2. The summed E-state index contributed by atoms with van der Waals surface area (Å²) in [6.45, 7) is 6.05. The van der Waals surface area contributed by atoms with Crippen molar-refractivity contribution in [3.8, 4) is 5.75 Å². The predicted octanol–water partition coefficient (Wildman–Crippen LogP) is 4.23. The lowest BCUT2D eigenvalue weighted by Gasteiger charge is -2.11. The van der Waals surface area contributed by atoms with E-state index in [4.69, 9.17) is 21.7 Å². The van der Waals surface area contributed by atoms with Crippen LogP contribution in [0.25, 0.3) is 0 Å². The number of esters is 1. The summed E-state index contributed by atoms with van der Waals surface area (Å²) in [5.74, 6) is 0.219. The average Bonchev–Trinajstić information content (AvgIpc) is 2.66. The molecular formula is C22H26N2O4S. The fraction of sp³-hybridized carbons (Fsp3) is 0.318. The molecule has 0 fully saturated rings. The number of hydrogen-bond donors (Lipinski definition) is 2. The van der Waals surface area contributed by atoms with Crippen molar-refractivity contribution in [1.82, 2.24) is 5.32 Å². The van der Waals surface area contributed by atoms with Crippen molar-refractivity contribution in [2.24, 2.45) is 0 Å². The van der Waals surface area contributed by atoms with Gasteiger partial charge in [0.15, 0.2) is 5.11 Å². The van der Waals surface area contributed by atoms with Gasteiger partial charge in [0.05, 0.1) is 18.3 Å². The van der Waals surface area contributed by atoms with Gasteiger partial charge in [0.2, 0.25) is 5.91 Å². The molecular weight excluding hydrogens is 388 g/mol. The van der Waals surface area contributed by atoms with Gasteiger partial charge in [-0.15, -0.1) is 0 Å². The minimum atomic E-state index is -0.379. The van der Waals surface area contributed by atoms with E-state index < -0.39 is 0 Å². The largest absolute Gasteiger partial charge is 0.494 e. The lowest BCUT2D eigenvalue weighted by Crippen LogP contribution is -2.34.